The Morgan fingerprint density at radius 2 is 2.06 bits per heavy atom. The molecule has 1 aromatic heterocycles. The molecule has 6 heteroatoms. The van der Waals surface area contributed by atoms with E-state index in [9.17, 15) is 8.42 Å². The van der Waals surface area contributed by atoms with Crippen LogP contribution in [0.3, 0.4) is 0 Å². The molecular weight excluding hydrogens is 238 g/mol. The van der Waals surface area contributed by atoms with Crippen molar-refractivity contribution in [3.63, 3.8) is 0 Å². The predicted molar refractivity (Wildman–Crippen MR) is 66.0 cm³/mol. The fourth-order valence-electron chi connectivity index (χ4n) is 2.23. The molecular formula is C11H19N3O2S. The molecule has 1 aliphatic rings. The lowest BCUT2D eigenvalue weighted by Gasteiger charge is -2.33. The van der Waals surface area contributed by atoms with Crippen molar-refractivity contribution in [2.75, 3.05) is 6.54 Å². The molecule has 0 aliphatic heterocycles. The molecule has 96 valence electrons. The van der Waals surface area contributed by atoms with E-state index in [1.807, 2.05) is 0 Å². The average molecular weight is 257 g/mol. The summed E-state index contributed by atoms with van der Waals surface area (Å²) < 4.78 is 26.4. The molecule has 1 saturated carbocycles. The third-order valence-corrected chi connectivity index (χ3v) is 4.74. The van der Waals surface area contributed by atoms with Crippen LogP contribution in [0.25, 0.3) is 0 Å². The van der Waals surface area contributed by atoms with Gasteiger partial charge in [0.25, 0.3) is 0 Å². The maximum absolute atomic E-state index is 11.9. The van der Waals surface area contributed by atoms with Crippen LogP contribution in [0.5, 0.6) is 0 Å². The van der Waals surface area contributed by atoms with E-state index in [1.54, 1.807) is 6.20 Å². The zero-order valence-corrected chi connectivity index (χ0v) is 10.6. The van der Waals surface area contributed by atoms with Crippen molar-refractivity contribution in [1.82, 2.24) is 9.71 Å². The molecule has 0 bridgehead atoms. The average Bonchev–Trinajstić information content (AvgIpc) is 2.82. The van der Waals surface area contributed by atoms with Crippen molar-refractivity contribution in [2.45, 2.75) is 42.5 Å². The standard InChI is InChI=1S/C11H19N3O2S/c12-11(5-2-1-3-6-11)9-14-17(15,16)10-4-7-13-8-10/h4,7-8,13-14H,1-3,5-6,9,12H2. The highest BCUT2D eigenvalue weighted by atomic mass is 32.2. The third kappa shape index (κ3) is 3.08. The zero-order chi connectivity index (χ0) is 12.4. The van der Waals surface area contributed by atoms with Crippen molar-refractivity contribution in [2.24, 2.45) is 5.73 Å². The molecule has 1 aromatic rings. The van der Waals surface area contributed by atoms with Gasteiger partial charge >= 0.3 is 0 Å². The van der Waals surface area contributed by atoms with Gasteiger partial charge in [0, 0.05) is 24.5 Å². The van der Waals surface area contributed by atoms with Gasteiger partial charge < -0.3 is 10.7 Å². The number of aromatic amines is 1. The fraction of sp³-hybridized carbons (Fsp3) is 0.636. The molecule has 2 rings (SSSR count). The van der Waals surface area contributed by atoms with Gasteiger partial charge in [-0.1, -0.05) is 19.3 Å². The summed E-state index contributed by atoms with van der Waals surface area (Å²) in [4.78, 5) is 2.99. The molecule has 5 nitrogen and oxygen atoms in total. The molecule has 0 amide bonds. The lowest BCUT2D eigenvalue weighted by atomic mass is 9.83. The molecule has 0 radical (unpaired) electrons. The number of nitrogens with one attached hydrogen (secondary N) is 2. The van der Waals surface area contributed by atoms with E-state index < -0.39 is 10.0 Å². The van der Waals surface area contributed by atoms with Crippen LogP contribution in [0.2, 0.25) is 0 Å². The van der Waals surface area contributed by atoms with Crippen LogP contribution < -0.4 is 10.5 Å². The largest absolute Gasteiger partial charge is 0.366 e. The molecule has 0 saturated heterocycles. The first kappa shape index (κ1) is 12.6. The third-order valence-electron chi connectivity index (χ3n) is 3.34. The number of H-pyrrole nitrogens is 1. The van der Waals surface area contributed by atoms with Crippen LogP contribution in [0.4, 0.5) is 0 Å². The Bertz CT molecular complexity index is 447. The number of sulfonamides is 1. The minimum absolute atomic E-state index is 0.261. The highest BCUT2D eigenvalue weighted by molar-refractivity contribution is 7.89. The maximum atomic E-state index is 11.9. The van der Waals surface area contributed by atoms with E-state index in [0.29, 0.717) is 6.54 Å². The summed E-state index contributed by atoms with van der Waals surface area (Å²) in [6, 6.07) is 1.53. The summed E-state index contributed by atoms with van der Waals surface area (Å²) in [6.07, 6.45) is 8.21. The van der Waals surface area contributed by atoms with E-state index >= 15 is 0 Å². The first-order valence-electron chi connectivity index (χ1n) is 5.93. The second-order valence-electron chi connectivity index (χ2n) is 4.79. The van der Waals surface area contributed by atoms with E-state index in [4.69, 9.17) is 5.73 Å². The highest BCUT2D eigenvalue weighted by Gasteiger charge is 2.29. The zero-order valence-electron chi connectivity index (χ0n) is 9.78. The van der Waals surface area contributed by atoms with Gasteiger partial charge in [0.05, 0.1) is 4.90 Å². The topological polar surface area (TPSA) is 88.0 Å². The highest BCUT2D eigenvalue weighted by Crippen LogP contribution is 2.25. The monoisotopic (exact) mass is 257 g/mol. The molecule has 4 N–H and O–H groups in total. The normalized spacial score (nSPS) is 20.3. The second kappa shape index (κ2) is 4.80. The van der Waals surface area contributed by atoms with E-state index in [1.165, 1.54) is 18.7 Å². The van der Waals surface area contributed by atoms with Gasteiger partial charge in [-0.25, -0.2) is 13.1 Å². The number of aromatic nitrogens is 1. The van der Waals surface area contributed by atoms with E-state index in [-0.39, 0.29) is 10.4 Å². The van der Waals surface area contributed by atoms with Crippen LogP contribution in [0, 0.1) is 0 Å². The smallest absolute Gasteiger partial charge is 0.242 e. The van der Waals surface area contributed by atoms with Gasteiger partial charge in [0.2, 0.25) is 10.0 Å². The molecule has 0 unspecified atom stereocenters. The summed E-state index contributed by atoms with van der Waals surface area (Å²) in [5, 5.41) is 0. The predicted octanol–water partition coefficient (Wildman–Crippen LogP) is 0.955. The SMILES string of the molecule is NC1(CNS(=O)(=O)c2cc[nH]c2)CCCCC1. The molecule has 0 aromatic carbocycles. The molecule has 17 heavy (non-hydrogen) atoms. The van der Waals surface area contributed by atoms with E-state index in [2.05, 4.69) is 9.71 Å². The minimum atomic E-state index is -3.42. The van der Waals surface area contributed by atoms with Crippen molar-refractivity contribution in [1.29, 1.82) is 0 Å². The van der Waals surface area contributed by atoms with Gasteiger partial charge in [-0.2, -0.15) is 0 Å². The van der Waals surface area contributed by atoms with Crippen LogP contribution in [0.15, 0.2) is 23.4 Å². The Kier molecular flexibility index (Phi) is 3.56. The first-order chi connectivity index (χ1) is 8.02. The van der Waals surface area contributed by atoms with Gasteiger partial charge in [-0.05, 0) is 18.9 Å². The molecule has 1 aliphatic carbocycles. The van der Waals surface area contributed by atoms with E-state index in [0.717, 1.165) is 25.7 Å². The van der Waals surface area contributed by atoms with Crippen molar-refractivity contribution < 1.29 is 8.42 Å². The summed E-state index contributed by atoms with van der Waals surface area (Å²) in [5.41, 5.74) is 5.81. The number of hydrogen-bond acceptors (Lipinski definition) is 3. The molecule has 0 spiro atoms. The first-order valence-corrected chi connectivity index (χ1v) is 7.42. The molecule has 1 heterocycles. The van der Waals surface area contributed by atoms with Crippen LogP contribution in [-0.2, 0) is 10.0 Å². The van der Waals surface area contributed by atoms with Gasteiger partial charge in [-0.3, -0.25) is 0 Å². The lowest BCUT2D eigenvalue weighted by Crippen LogP contribution is -2.51. The van der Waals surface area contributed by atoms with Crippen LogP contribution >= 0.6 is 0 Å². The Morgan fingerprint density at radius 3 is 2.65 bits per heavy atom. The molecule has 1 fully saturated rings. The number of nitrogens with two attached hydrogens (primary N) is 1. The van der Waals surface area contributed by atoms with Gasteiger partial charge in [0.15, 0.2) is 0 Å². The minimum Gasteiger partial charge on any atom is -0.366 e. The fourth-order valence-corrected chi connectivity index (χ4v) is 3.35. The Hall–Kier alpha value is -0.850. The summed E-state index contributed by atoms with van der Waals surface area (Å²) in [6.45, 7) is 0.320. The van der Waals surface area contributed by atoms with Gasteiger partial charge in [-0.15, -0.1) is 0 Å². The second-order valence-corrected chi connectivity index (χ2v) is 6.56. The summed E-state index contributed by atoms with van der Waals surface area (Å²) >= 11 is 0. The number of rotatable bonds is 4. The summed E-state index contributed by atoms with van der Waals surface area (Å²) in [7, 11) is -3.42. The van der Waals surface area contributed by atoms with Crippen molar-refractivity contribution in [3.8, 4) is 0 Å². The Labute approximate surface area is 102 Å². The Balaban J connectivity index is 1.98. The number of hydrogen-bond donors (Lipinski definition) is 3. The quantitative estimate of drug-likeness (QED) is 0.750. The maximum Gasteiger partial charge on any atom is 0.242 e. The Morgan fingerprint density at radius 1 is 1.35 bits per heavy atom. The summed E-state index contributed by atoms with van der Waals surface area (Å²) in [5.74, 6) is 0. The van der Waals surface area contributed by atoms with Crippen LogP contribution in [-0.4, -0.2) is 25.5 Å². The van der Waals surface area contributed by atoms with Gasteiger partial charge in [0.1, 0.15) is 0 Å². The van der Waals surface area contributed by atoms with Crippen molar-refractivity contribution in [3.05, 3.63) is 18.5 Å². The van der Waals surface area contributed by atoms with Crippen LogP contribution in [0.1, 0.15) is 32.1 Å². The molecule has 0 atom stereocenters. The lowest BCUT2D eigenvalue weighted by molar-refractivity contribution is 0.296. The van der Waals surface area contributed by atoms with Crippen molar-refractivity contribution >= 4 is 10.0 Å².